The van der Waals surface area contributed by atoms with Crippen molar-refractivity contribution in [2.75, 3.05) is 0 Å². The molecule has 4 rings (SSSR count). The van der Waals surface area contributed by atoms with Crippen LogP contribution in [-0.2, 0) is 0 Å². The maximum absolute atomic E-state index is 11.7. The van der Waals surface area contributed by atoms with Gasteiger partial charge in [-0.1, -0.05) is 48.5 Å². The molecule has 0 radical (unpaired) electrons. The number of aromatic carboxylic acids is 6. The lowest BCUT2D eigenvalue weighted by molar-refractivity contribution is 0.0621. The van der Waals surface area contributed by atoms with Crippen LogP contribution < -0.4 is 11.5 Å². The van der Waals surface area contributed by atoms with Crippen molar-refractivity contribution in [2.24, 2.45) is 11.5 Å². The zero-order chi connectivity index (χ0) is 33.2. The molecule has 224 valence electrons. The second-order valence-corrected chi connectivity index (χ2v) is 8.65. The number of fused-ring (bicyclic) bond motifs is 2. The van der Waals surface area contributed by atoms with Gasteiger partial charge in [0.05, 0.1) is 44.5 Å². The lowest BCUT2D eigenvalue weighted by atomic mass is 9.88. The van der Waals surface area contributed by atoms with Crippen molar-refractivity contribution in [3.8, 4) is 0 Å². The molecule has 0 aromatic heterocycles. The second kappa shape index (κ2) is 12.0. The Morgan fingerprint density at radius 2 is 0.545 bits per heavy atom. The van der Waals surface area contributed by atoms with Crippen LogP contribution in [-0.4, -0.2) is 78.3 Å². The summed E-state index contributed by atoms with van der Waals surface area (Å²) >= 11 is 0. The third kappa shape index (κ3) is 5.40. The standard InChI is InChI=1S/C14H10N2O6.C14H8O8/c15-11(17)7-5-3-1-2-4-6(5)8(13(19)20)10(14(21)22)9(7)12(16)18;15-11(16)7-5-3-1-2-4-6(5)8(12(17)18)10(14(21)22)9(7)13(19)20/h1-4H,(H2,15,17)(H2,16,18)(H,19,20)(H,21,22);1-4H,(H,15,16)(H,17,18)(H,19,20)(H,21,22). The van der Waals surface area contributed by atoms with E-state index in [1.165, 1.54) is 48.5 Å². The van der Waals surface area contributed by atoms with E-state index in [0.29, 0.717) is 0 Å². The van der Waals surface area contributed by atoms with Crippen LogP contribution in [0.4, 0.5) is 0 Å². The molecule has 0 saturated heterocycles. The van der Waals surface area contributed by atoms with Gasteiger partial charge in [0.1, 0.15) is 0 Å². The van der Waals surface area contributed by atoms with Gasteiger partial charge >= 0.3 is 35.8 Å². The van der Waals surface area contributed by atoms with Gasteiger partial charge in [-0.2, -0.15) is 0 Å². The maximum Gasteiger partial charge on any atom is 0.337 e. The summed E-state index contributed by atoms with van der Waals surface area (Å²) in [5, 5.41) is 55.2. The summed E-state index contributed by atoms with van der Waals surface area (Å²) in [4.78, 5) is 91.7. The highest BCUT2D eigenvalue weighted by Gasteiger charge is 2.33. The number of amides is 2. The number of hydrogen-bond acceptors (Lipinski definition) is 8. The summed E-state index contributed by atoms with van der Waals surface area (Å²) in [6.45, 7) is 0. The number of carbonyl (C=O) groups excluding carboxylic acids is 2. The first-order chi connectivity index (χ1) is 20.5. The molecule has 0 bridgehead atoms. The number of nitrogens with two attached hydrogens (primary N) is 2. The normalized spacial score (nSPS) is 10.4. The number of carboxylic acid groups (broad SMARTS) is 6. The zero-order valence-corrected chi connectivity index (χ0v) is 21.7. The van der Waals surface area contributed by atoms with Crippen molar-refractivity contribution in [3.63, 3.8) is 0 Å². The number of carbonyl (C=O) groups is 8. The van der Waals surface area contributed by atoms with Crippen LogP contribution in [0, 0.1) is 0 Å². The van der Waals surface area contributed by atoms with Crippen molar-refractivity contribution in [1.82, 2.24) is 0 Å². The summed E-state index contributed by atoms with van der Waals surface area (Å²) < 4.78 is 0. The van der Waals surface area contributed by atoms with E-state index in [1.807, 2.05) is 0 Å². The molecule has 0 atom stereocenters. The molecule has 0 heterocycles. The molecule has 16 heteroatoms. The van der Waals surface area contributed by atoms with Gasteiger partial charge in [0.25, 0.3) is 0 Å². The van der Waals surface area contributed by atoms with Crippen LogP contribution in [0.25, 0.3) is 21.5 Å². The first kappa shape index (κ1) is 31.7. The first-order valence-corrected chi connectivity index (χ1v) is 11.7. The topological polar surface area (TPSA) is 310 Å². The number of rotatable bonds is 8. The van der Waals surface area contributed by atoms with Crippen LogP contribution >= 0.6 is 0 Å². The van der Waals surface area contributed by atoms with Crippen molar-refractivity contribution < 1.29 is 69.0 Å². The Hall–Kier alpha value is -6.84. The van der Waals surface area contributed by atoms with Gasteiger partial charge in [0.2, 0.25) is 11.8 Å². The highest BCUT2D eigenvalue weighted by atomic mass is 16.4. The van der Waals surface area contributed by atoms with Crippen molar-refractivity contribution in [3.05, 3.63) is 93.0 Å². The number of carboxylic acids is 6. The zero-order valence-electron chi connectivity index (χ0n) is 21.7. The Balaban J connectivity index is 0.000000240. The molecule has 0 aliphatic carbocycles. The summed E-state index contributed by atoms with van der Waals surface area (Å²) in [7, 11) is 0. The Morgan fingerprint density at radius 1 is 0.341 bits per heavy atom. The molecule has 4 aromatic rings. The largest absolute Gasteiger partial charge is 0.478 e. The lowest BCUT2D eigenvalue weighted by Crippen LogP contribution is -2.26. The molecular weight excluding hydrogens is 588 g/mol. The molecule has 0 saturated carbocycles. The Kier molecular flexibility index (Phi) is 8.61. The van der Waals surface area contributed by atoms with E-state index < -0.39 is 92.1 Å². The van der Waals surface area contributed by atoms with E-state index in [9.17, 15) is 69.0 Å². The quantitative estimate of drug-likeness (QED) is 0.142. The van der Waals surface area contributed by atoms with E-state index in [2.05, 4.69) is 0 Å². The molecule has 16 nitrogen and oxygen atoms in total. The van der Waals surface area contributed by atoms with Gasteiger partial charge in [-0.25, -0.2) is 28.8 Å². The van der Waals surface area contributed by atoms with E-state index in [0.717, 1.165) is 0 Å². The van der Waals surface area contributed by atoms with Gasteiger partial charge in [-0.3, -0.25) is 9.59 Å². The average molecular weight is 606 g/mol. The highest BCUT2D eigenvalue weighted by Crippen LogP contribution is 2.32. The Morgan fingerprint density at radius 3 is 0.750 bits per heavy atom. The van der Waals surface area contributed by atoms with Gasteiger partial charge in [0.15, 0.2) is 0 Å². The molecule has 0 aliphatic rings. The van der Waals surface area contributed by atoms with E-state index in [-0.39, 0.29) is 21.5 Å². The summed E-state index contributed by atoms with van der Waals surface area (Å²) in [5.74, 6) is -12.6. The highest BCUT2D eigenvalue weighted by molar-refractivity contribution is 6.25. The molecule has 0 spiro atoms. The third-order valence-corrected chi connectivity index (χ3v) is 6.21. The molecule has 44 heavy (non-hydrogen) atoms. The molecule has 0 aliphatic heterocycles. The van der Waals surface area contributed by atoms with E-state index in [4.69, 9.17) is 11.5 Å². The minimum atomic E-state index is -1.83. The summed E-state index contributed by atoms with van der Waals surface area (Å²) in [6.07, 6.45) is 0. The predicted octanol–water partition coefficient (Wildman–Crippen LogP) is 2.07. The number of primary amides is 2. The third-order valence-electron chi connectivity index (χ3n) is 6.21. The van der Waals surface area contributed by atoms with Crippen LogP contribution in [0.15, 0.2) is 48.5 Å². The van der Waals surface area contributed by atoms with Gasteiger partial charge in [-0.05, 0) is 21.5 Å². The summed E-state index contributed by atoms with van der Waals surface area (Å²) in [6, 6.07) is 10.9. The van der Waals surface area contributed by atoms with Crippen molar-refractivity contribution in [2.45, 2.75) is 0 Å². The van der Waals surface area contributed by atoms with Gasteiger partial charge < -0.3 is 42.1 Å². The van der Waals surface area contributed by atoms with Crippen LogP contribution in [0.2, 0.25) is 0 Å². The van der Waals surface area contributed by atoms with Crippen LogP contribution in [0.1, 0.15) is 82.9 Å². The fourth-order valence-electron chi connectivity index (χ4n) is 4.69. The first-order valence-electron chi connectivity index (χ1n) is 11.7. The minimum Gasteiger partial charge on any atom is -0.478 e. The lowest BCUT2D eigenvalue weighted by Gasteiger charge is -2.15. The molecule has 0 unspecified atom stereocenters. The van der Waals surface area contributed by atoms with Crippen molar-refractivity contribution >= 4 is 69.2 Å². The Labute approximate surface area is 243 Å². The molecule has 4 aromatic carbocycles. The van der Waals surface area contributed by atoms with Crippen LogP contribution in [0.3, 0.4) is 0 Å². The number of hydrogen-bond donors (Lipinski definition) is 8. The average Bonchev–Trinajstić information content (AvgIpc) is 2.93. The molecule has 2 amide bonds. The molecule has 10 N–H and O–H groups in total. The minimum absolute atomic E-state index is 0.0220. The van der Waals surface area contributed by atoms with Gasteiger partial charge in [0, 0.05) is 0 Å². The maximum atomic E-state index is 11.7. The second-order valence-electron chi connectivity index (χ2n) is 8.65. The van der Waals surface area contributed by atoms with E-state index >= 15 is 0 Å². The number of benzene rings is 4. The fraction of sp³-hybridized carbons (Fsp3) is 0. The Bertz CT molecular complexity index is 1710. The smallest absolute Gasteiger partial charge is 0.337 e. The predicted molar refractivity (Wildman–Crippen MR) is 147 cm³/mol. The SMILES string of the molecule is NC(=O)c1c(C(=O)O)c(C(=O)O)c2ccccc2c1C(N)=O.O=C(O)c1c(C(=O)O)c(C(=O)O)c2ccccc2c1C(=O)O. The van der Waals surface area contributed by atoms with Crippen LogP contribution in [0.5, 0.6) is 0 Å². The fourth-order valence-corrected chi connectivity index (χ4v) is 4.69. The monoisotopic (exact) mass is 606 g/mol. The van der Waals surface area contributed by atoms with Gasteiger partial charge in [-0.15, -0.1) is 0 Å². The molecule has 0 fully saturated rings. The van der Waals surface area contributed by atoms with E-state index in [1.54, 1.807) is 0 Å². The summed E-state index contributed by atoms with van der Waals surface area (Å²) in [5.41, 5.74) is 4.14. The van der Waals surface area contributed by atoms with Crippen molar-refractivity contribution in [1.29, 1.82) is 0 Å². The molecular formula is C28H18N2O14.